The van der Waals surface area contributed by atoms with E-state index in [9.17, 15) is 0 Å². The molecule has 1 atom stereocenters. The first-order valence-electron chi connectivity index (χ1n) is 5.26. The van der Waals surface area contributed by atoms with Crippen LogP contribution < -0.4 is 5.32 Å². The van der Waals surface area contributed by atoms with Crippen molar-refractivity contribution in [1.82, 2.24) is 10.3 Å². The first kappa shape index (κ1) is 11.7. The number of hydrogen-bond acceptors (Lipinski definition) is 4. The van der Waals surface area contributed by atoms with Crippen LogP contribution in [0.1, 0.15) is 24.1 Å². The highest BCUT2D eigenvalue weighted by Gasteiger charge is 2.12. The largest absolute Gasteiger partial charge is 0.313 e. The van der Waals surface area contributed by atoms with Crippen molar-refractivity contribution in [3.05, 3.63) is 15.5 Å². The van der Waals surface area contributed by atoms with E-state index < -0.39 is 0 Å². The van der Waals surface area contributed by atoms with Gasteiger partial charge in [-0.25, -0.2) is 4.98 Å². The fraction of sp³-hybridized carbons (Fsp3) is 0.700. The second-order valence-electron chi connectivity index (χ2n) is 3.74. The third-order valence-electron chi connectivity index (χ3n) is 2.50. The highest BCUT2D eigenvalue weighted by atomic mass is 35.5. The van der Waals surface area contributed by atoms with Crippen molar-refractivity contribution >= 4 is 34.7 Å². The van der Waals surface area contributed by atoms with Crippen molar-refractivity contribution in [3.8, 4) is 0 Å². The SMILES string of the molecule is Clc1ncc(CSC[C@@H]2CCCCN2)s1. The van der Waals surface area contributed by atoms with Gasteiger partial charge in [-0.15, -0.1) is 11.3 Å². The Morgan fingerprint density at radius 2 is 2.53 bits per heavy atom. The molecule has 1 aliphatic heterocycles. The zero-order valence-corrected chi connectivity index (χ0v) is 10.9. The third-order valence-corrected chi connectivity index (χ3v) is 4.95. The number of thioether (sulfide) groups is 1. The molecular formula is C10H15ClN2S2. The van der Waals surface area contributed by atoms with Crippen molar-refractivity contribution < 1.29 is 0 Å². The first-order chi connectivity index (χ1) is 7.34. The van der Waals surface area contributed by atoms with Gasteiger partial charge >= 0.3 is 0 Å². The Morgan fingerprint density at radius 3 is 3.20 bits per heavy atom. The number of nitrogens with one attached hydrogen (secondary N) is 1. The number of thiazole rings is 1. The average molecular weight is 263 g/mol. The number of aromatic nitrogens is 1. The Hall–Kier alpha value is 0.230. The maximum Gasteiger partial charge on any atom is 0.183 e. The highest BCUT2D eigenvalue weighted by molar-refractivity contribution is 7.98. The zero-order chi connectivity index (χ0) is 10.5. The van der Waals surface area contributed by atoms with Crippen LogP contribution in [0.2, 0.25) is 4.47 Å². The molecule has 5 heteroatoms. The second-order valence-corrected chi connectivity index (χ2v) is 6.47. The third kappa shape index (κ3) is 3.94. The Bertz CT molecular complexity index is 297. The van der Waals surface area contributed by atoms with E-state index >= 15 is 0 Å². The molecule has 0 aliphatic carbocycles. The highest BCUT2D eigenvalue weighted by Crippen LogP contribution is 2.23. The summed E-state index contributed by atoms with van der Waals surface area (Å²) in [4.78, 5) is 5.32. The van der Waals surface area contributed by atoms with E-state index in [1.54, 1.807) is 11.3 Å². The van der Waals surface area contributed by atoms with Gasteiger partial charge in [0.15, 0.2) is 4.47 Å². The molecule has 0 aromatic carbocycles. The van der Waals surface area contributed by atoms with Crippen LogP contribution in [0.15, 0.2) is 6.20 Å². The summed E-state index contributed by atoms with van der Waals surface area (Å²) < 4.78 is 0.654. The van der Waals surface area contributed by atoms with Crippen molar-refractivity contribution in [2.45, 2.75) is 31.1 Å². The molecule has 1 aromatic heterocycles. The fourth-order valence-electron chi connectivity index (χ4n) is 1.72. The summed E-state index contributed by atoms with van der Waals surface area (Å²) in [5.41, 5.74) is 0. The topological polar surface area (TPSA) is 24.9 Å². The second kappa shape index (κ2) is 6.09. The Balaban J connectivity index is 1.65. The molecule has 0 radical (unpaired) electrons. The van der Waals surface area contributed by atoms with E-state index in [2.05, 4.69) is 10.3 Å². The molecule has 1 N–H and O–H groups in total. The summed E-state index contributed by atoms with van der Waals surface area (Å²) in [6.07, 6.45) is 5.93. The van der Waals surface area contributed by atoms with Gasteiger partial charge in [-0.1, -0.05) is 18.0 Å². The lowest BCUT2D eigenvalue weighted by Crippen LogP contribution is -2.35. The zero-order valence-electron chi connectivity index (χ0n) is 8.54. The van der Waals surface area contributed by atoms with Crippen LogP contribution in [-0.4, -0.2) is 23.3 Å². The van der Waals surface area contributed by atoms with Gasteiger partial charge in [0.25, 0.3) is 0 Å². The molecule has 1 aromatic rings. The molecule has 0 amide bonds. The molecule has 0 unspecified atom stereocenters. The van der Waals surface area contributed by atoms with Crippen LogP contribution in [0.4, 0.5) is 0 Å². The van der Waals surface area contributed by atoms with Gasteiger partial charge in [-0.3, -0.25) is 0 Å². The van der Waals surface area contributed by atoms with Gasteiger partial charge in [0, 0.05) is 28.6 Å². The van der Waals surface area contributed by atoms with E-state index in [0.717, 1.165) is 5.75 Å². The molecular weight excluding hydrogens is 248 g/mol. The van der Waals surface area contributed by atoms with E-state index in [0.29, 0.717) is 10.5 Å². The molecule has 1 fully saturated rings. The predicted molar refractivity (Wildman–Crippen MR) is 68.9 cm³/mol. The van der Waals surface area contributed by atoms with Crippen LogP contribution >= 0.6 is 34.7 Å². The van der Waals surface area contributed by atoms with Crippen molar-refractivity contribution in [1.29, 1.82) is 0 Å². The molecule has 2 rings (SSSR count). The molecule has 1 saturated heterocycles. The van der Waals surface area contributed by atoms with E-state index in [-0.39, 0.29) is 0 Å². The average Bonchev–Trinajstić information content (AvgIpc) is 2.66. The van der Waals surface area contributed by atoms with Gasteiger partial charge in [0.05, 0.1) is 0 Å². The number of nitrogens with zero attached hydrogens (tertiary/aromatic N) is 1. The smallest absolute Gasteiger partial charge is 0.183 e. The Morgan fingerprint density at radius 1 is 1.60 bits per heavy atom. The molecule has 15 heavy (non-hydrogen) atoms. The van der Waals surface area contributed by atoms with Gasteiger partial charge in [-0.2, -0.15) is 11.8 Å². The van der Waals surface area contributed by atoms with Crippen LogP contribution in [0.3, 0.4) is 0 Å². The number of halogens is 1. The molecule has 0 spiro atoms. The summed E-state index contributed by atoms with van der Waals surface area (Å²) in [5, 5.41) is 3.55. The predicted octanol–water partition coefficient (Wildman–Crippen LogP) is 3.17. The van der Waals surface area contributed by atoms with Gasteiger partial charge < -0.3 is 5.32 Å². The Labute approximate surface area is 104 Å². The minimum atomic E-state index is 0.654. The van der Waals surface area contributed by atoms with Crippen LogP contribution in [0.25, 0.3) is 0 Å². The Kier molecular flexibility index (Phi) is 4.75. The van der Waals surface area contributed by atoms with E-state index in [1.165, 1.54) is 36.4 Å². The summed E-state index contributed by atoms with van der Waals surface area (Å²) in [7, 11) is 0. The van der Waals surface area contributed by atoms with Gasteiger partial charge in [0.1, 0.15) is 0 Å². The molecule has 0 saturated carbocycles. The molecule has 84 valence electrons. The summed E-state index contributed by atoms with van der Waals surface area (Å²) >= 11 is 9.34. The quantitative estimate of drug-likeness (QED) is 0.902. The number of rotatable bonds is 4. The monoisotopic (exact) mass is 262 g/mol. The number of piperidine rings is 1. The maximum atomic E-state index is 5.77. The lowest BCUT2D eigenvalue weighted by molar-refractivity contribution is 0.430. The molecule has 1 aliphatic rings. The normalized spacial score (nSPS) is 21.8. The summed E-state index contributed by atoms with van der Waals surface area (Å²) in [6.45, 7) is 1.19. The summed E-state index contributed by atoms with van der Waals surface area (Å²) in [5.74, 6) is 2.25. The maximum absolute atomic E-state index is 5.77. The standard InChI is InChI=1S/C10H15ClN2S2/c11-10-13-5-9(15-10)7-14-6-8-3-1-2-4-12-8/h5,8,12H,1-4,6-7H2/t8-/m0/s1. The minimum absolute atomic E-state index is 0.654. The van der Waals surface area contributed by atoms with Gasteiger partial charge in [0.2, 0.25) is 0 Å². The van der Waals surface area contributed by atoms with Crippen molar-refractivity contribution in [2.24, 2.45) is 0 Å². The lowest BCUT2D eigenvalue weighted by Gasteiger charge is -2.22. The molecule has 2 heterocycles. The van der Waals surface area contributed by atoms with Gasteiger partial charge in [-0.05, 0) is 19.4 Å². The van der Waals surface area contributed by atoms with E-state index in [1.807, 2.05) is 18.0 Å². The molecule has 2 nitrogen and oxygen atoms in total. The summed E-state index contributed by atoms with van der Waals surface area (Å²) in [6, 6.07) is 0.715. The van der Waals surface area contributed by atoms with Crippen molar-refractivity contribution in [2.75, 3.05) is 12.3 Å². The first-order valence-corrected chi connectivity index (χ1v) is 7.61. The van der Waals surface area contributed by atoms with E-state index in [4.69, 9.17) is 11.6 Å². The van der Waals surface area contributed by atoms with Crippen LogP contribution in [-0.2, 0) is 5.75 Å². The molecule has 0 bridgehead atoms. The van der Waals surface area contributed by atoms with Crippen LogP contribution in [0, 0.1) is 0 Å². The van der Waals surface area contributed by atoms with Crippen molar-refractivity contribution in [3.63, 3.8) is 0 Å². The minimum Gasteiger partial charge on any atom is -0.313 e. The lowest BCUT2D eigenvalue weighted by atomic mass is 10.1. The number of hydrogen-bond donors (Lipinski definition) is 1. The fourth-order valence-corrected chi connectivity index (χ4v) is 3.94. The van der Waals surface area contributed by atoms with Crippen LogP contribution in [0.5, 0.6) is 0 Å².